The van der Waals surface area contributed by atoms with Gasteiger partial charge in [-0.2, -0.15) is 0 Å². The highest BCUT2D eigenvalue weighted by molar-refractivity contribution is 7.17. The van der Waals surface area contributed by atoms with E-state index in [1.54, 1.807) is 37.3 Å². The van der Waals surface area contributed by atoms with Crippen molar-refractivity contribution in [3.05, 3.63) is 111 Å². The van der Waals surface area contributed by atoms with Crippen molar-refractivity contribution in [2.24, 2.45) is 0 Å². The predicted molar refractivity (Wildman–Crippen MR) is 139 cm³/mol. The molecule has 7 nitrogen and oxygen atoms in total. The fourth-order valence-corrected chi connectivity index (χ4v) is 4.93. The van der Waals surface area contributed by atoms with Crippen LogP contribution in [0.2, 0.25) is 5.02 Å². The summed E-state index contributed by atoms with van der Waals surface area (Å²) in [6.45, 7) is 5.16. The average Bonchev–Trinajstić information content (AvgIpc) is 3.38. The number of carbonyl (C=O) groups is 3. The third-order valence-electron chi connectivity index (χ3n) is 5.37. The zero-order valence-electron chi connectivity index (χ0n) is 19.2. The summed E-state index contributed by atoms with van der Waals surface area (Å²) in [4.78, 5) is 44.8. The summed E-state index contributed by atoms with van der Waals surface area (Å²) < 4.78 is 5.11. The summed E-state index contributed by atoms with van der Waals surface area (Å²) >= 11 is 7.15. The summed E-state index contributed by atoms with van der Waals surface area (Å²) in [5, 5.41) is 11.4. The van der Waals surface area contributed by atoms with Gasteiger partial charge in [0.25, 0.3) is 5.91 Å². The summed E-state index contributed by atoms with van der Waals surface area (Å²) in [6.07, 6.45) is 4.35. The molecule has 0 saturated heterocycles. The maximum atomic E-state index is 13.3. The summed E-state index contributed by atoms with van der Waals surface area (Å²) in [5.41, 5.74) is 1.52. The number of aromatic nitrogens is 1. The molecule has 0 saturated carbocycles. The van der Waals surface area contributed by atoms with E-state index in [1.807, 2.05) is 30.3 Å². The van der Waals surface area contributed by atoms with Crippen molar-refractivity contribution >= 4 is 51.8 Å². The number of aliphatic hydroxyl groups is 1. The first-order valence-electron chi connectivity index (χ1n) is 10.9. The van der Waals surface area contributed by atoms with E-state index in [0.29, 0.717) is 16.3 Å². The van der Waals surface area contributed by atoms with Crippen LogP contribution in [-0.4, -0.2) is 34.4 Å². The number of aryl methyl sites for hydroxylation is 1. The Kier molecular flexibility index (Phi) is 7.47. The Morgan fingerprint density at radius 3 is 2.67 bits per heavy atom. The zero-order chi connectivity index (χ0) is 25.8. The van der Waals surface area contributed by atoms with Crippen molar-refractivity contribution in [2.45, 2.75) is 13.0 Å². The number of allylic oxidation sites excluding steroid dienone is 1. The summed E-state index contributed by atoms with van der Waals surface area (Å²) in [7, 11) is 0. The fraction of sp³-hybridized carbons (Fsp3) is 0.111. The molecule has 1 N–H and O–H groups in total. The number of benzene rings is 2. The Balaban J connectivity index is 1.77. The van der Waals surface area contributed by atoms with Gasteiger partial charge in [-0.3, -0.25) is 14.5 Å². The highest BCUT2D eigenvalue weighted by Gasteiger charge is 2.45. The van der Waals surface area contributed by atoms with Crippen LogP contribution in [0, 0.1) is 6.92 Å². The van der Waals surface area contributed by atoms with Gasteiger partial charge in [-0.25, -0.2) is 9.78 Å². The molecule has 2 heterocycles. The molecule has 1 aromatic heterocycles. The molecule has 0 spiro atoms. The van der Waals surface area contributed by atoms with Gasteiger partial charge < -0.3 is 9.84 Å². The van der Waals surface area contributed by atoms with Crippen molar-refractivity contribution in [1.29, 1.82) is 0 Å². The van der Waals surface area contributed by atoms with Crippen LogP contribution < -0.4 is 4.90 Å². The van der Waals surface area contributed by atoms with Gasteiger partial charge in [0.15, 0.2) is 16.7 Å². The Bertz CT molecular complexity index is 1410. The first-order valence-corrected chi connectivity index (χ1v) is 12.1. The van der Waals surface area contributed by atoms with E-state index < -0.39 is 29.5 Å². The zero-order valence-corrected chi connectivity index (χ0v) is 20.8. The molecule has 36 heavy (non-hydrogen) atoms. The molecular formula is C27H21ClN2O5S. The van der Waals surface area contributed by atoms with E-state index in [2.05, 4.69) is 11.6 Å². The van der Waals surface area contributed by atoms with Gasteiger partial charge in [-0.1, -0.05) is 84.1 Å². The van der Waals surface area contributed by atoms with E-state index >= 15 is 0 Å². The number of hydrogen-bond donors (Lipinski definition) is 1. The Morgan fingerprint density at radius 1 is 1.22 bits per heavy atom. The van der Waals surface area contributed by atoms with Crippen LogP contribution in [0.5, 0.6) is 0 Å². The van der Waals surface area contributed by atoms with Gasteiger partial charge in [-0.05, 0) is 36.3 Å². The van der Waals surface area contributed by atoms with Crippen molar-refractivity contribution in [1.82, 2.24) is 4.98 Å². The Morgan fingerprint density at radius 2 is 1.97 bits per heavy atom. The third kappa shape index (κ3) is 5.00. The number of esters is 1. The monoisotopic (exact) mass is 520 g/mol. The molecule has 9 heteroatoms. The van der Waals surface area contributed by atoms with Crippen molar-refractivity contribution in [2.75, 3.05) is 11.5 Å². The normalized spacial score (nSPS) is 15.6. The molecule has 1 unspecified atom stereocenters. The van der Waals surface area contributed by atoms with E-state index in [9.17, 15) is 19.5 Å². The number of rotatable bonds is 8. The lowest BCUT2D eigenvalue weighted by atomic mass is 9.96. The number of hydrogen-bond acceptors (Lipinski definition) is 7. The van der Waals surface area contributed by atoms with E-state index in [0.717, 1.165) is 16.9 Å². The highest BCUT2D eigenvalue weighted by Crippen LogP contribution is 2.43. The minimum atomic E-state index is -1.01. The summed E-state index contributed by atoms with van der Waals surface area (Å²) in [6, 6.07) is 14.8. The van der Waals surface area contributed by atoms with Crippen LogP contribution in [0.4, 0.5) is 5.13 Å². The number of nitrogens with zero attached hydrogens (tertiary/aromatic N) is 2. The maximum Gasteiger partial charge on any atom is 0.350 e. The van der Waals surface area contributed by atoms with Gasteiger partial charge in [-0.15, -0.1) is 0 Å². The number of halogens is 1. The molecular weight excluding hydrogens is 500 g/mol. The van der Waals surface area contributed by atoms with Crippen LogP contribution in [0.25, 0.3) is 6.08 Å². The van der Waals surface area contributed by atoms with Crippen LogP contribution in [0.3, 0.4) is 0 Å². The number of aliphatic hydroxyl groups excluding tert-OH is 1. The SMILES string of the molecule is C=CCOC(=O)c1sc(N2C(=O)C(O)=C(C(=O)/C=C/c3ccccc3)C2c2cccc(Cl)c2)nc1C. The largest absolute Gasteiger partial charge is 0.503 e. The third-order valence-corrected chi connectivity index (χ3v) is 6.75. The van der Waals surface area contributed by atoms with Crippen LogP contribution in [-0.2, 0) is 14.3 Å². The van der Waals surface area contributed by atoms with Gasteiger partial charge in [0.1, 0.15) is 11.5 Å². The molecule has 4 rings (SSSR count). The lowest BCUT2D eigenvalue weighted by molar-refractivity contribution is -0.117. The molecule has 0 bridgehead atoms. The van der Waals surface area contributed by atoms with Gasteiger partial charge in [0, 0.05) is 5.02 Å². The van der Waals surface area contributed by atoms with E-state index in [-0.39, 0.29) is 22.2 Å². The minimum absolute atomic E-state index is 0.0219. The van der Waals surface area contributed by atoms with Gasteiger partial charge >= 0.3 is 5.97 Å². The molecule has 3 aromatic rings. The Labute approximate surface area is 216 Å². The lowest BCUT2D eigenvalue weighted by Crippen LogP contribution is -2.30. The lowest BCUT2D eigenvalue weighted by Gasteiger charge is -2.24. The molecule has 0 aliphatic carbocycles. The van der Waals surface area contributed by atoms with E-state index in [4.69, 9.17) is 16.3 Å². The first-order chi connectivity index (χ1) is 17.3. The standard InChI is InChI=1S/C27H21ClN2O5S/c1-3-14-35-26(34)24-16(2)29-27(36-24)30-22(18-10-7-11-19(28)15-18)21(23(32)25(30)33)20(31)13-12-17-8-5-4-6-9-17/h3-13,15,22,32H,1,14H2,2H3/b13-12+. The molecule has 1 amide bonds. The topological polar surface area (TPSA) is 96.8 Å². The minimum Gasteiger partial charge on any atom is -0.503 e. The number of carbonyl (C=O) groups excluding carboxylic acids is 3. The number of anilines is 1. The highest BCUT2D eigenvalue weighted by atomic mass is 35.5. The van der Waals surface area contributed by atoms with Crippen molar-refractivity contribution in [3.63, 3.8) is 0 Å². The fourth-order valence-electron chi connectivity index (χ4n) is 3.75. The van der Waals surface area contributed by atoms with Gasteiger partial charge in [0.05, 0.1) is 17.3 Å². The molecule has 1 atom stereocenters. The number of ether oxygens (including phenoxy) is 1. The number of thiazole rings is 1. The second-order valence-electron chi connectivity index (χ2n) is 7.80. The number of amides is 1. The van der Waals surface area contributed by atoms with Gasteiger partial charge in [0.2, 0.25) is 0 Å². The second-order valence-corrected chi connectivity index (χ2v) is 9.22. The van der Waals surface area contributed by atoms with Crippen LogP contribution in [0.15, 0.2) is 84.7 Å². The molecule has 0 radical (unpaired) electrons. The average molecular weight is 521 g/mol. The quantitative estimate of drug-likeness (QED) is 0.235. The molecule has 1 aliphatic heterocycles. The Hall–Kier alpha value is -4.01. The molecule has 0 fully saturated rings. The maximum absolute atomic E-state index is 13.3. The van der Waals surface area contributed by atoms with Crippen molar-refractivity contribution < 1.29 is 24.2 Å². The number of ketones is 1. The first kappa shape index (κ1) is 25.1. The smallest absolute Gasteiger partial charge is 0.350 e. The predicted octanol–water partition coefficient (Wildman–Crippen LogP) is 5.63. The van der Waals surface area contributed by atoms with Crippen LogP contribution in [0.1, 0.15) is 32.5 Å². The van der Waals surface area contributed by atoms with E-state index in [1.165, 1.54) is 17.1 Å². The molecule has 1 aliphatic rings. The summed E-state index contributed by atoms with van der Waals surface area (Å²) in [5.74, 6) is -2.65. The van der Waals surface area contributed by atoms with Crippen LogP contribution >= 0.6 is 22.9 Å². The molecule has 182 valence electrons. The molecule has 2 aromatic carbocycles. The van der Waals surface area contributed by atoms with Crippen molar-refractivity contribution in [3.8, 4) is 0 Å². The second kappa shape index (κ2) is 10.7.